The second kappa shape index (κ2) is 6.70. The molecule has 0 spiro atoms. The number of hydrogen-bond acceptors (Lipinski definition) is 4. The van der Waals surface area contributed by atoms with Crippen LogP contribution in [0.3, 0.4) is 0 Å². The maximum absolute atomic E-state index is 12.0. The summed E-state index contributed by atoms with van der Waals surface area (Å²) in [4.78, 5) is 23.9. The van der Waals surface area contributed by atoms with Crippen molar-refractivity contribution in [1.29, 1.82) is 0 Å². The van der Waals surface area contributed by atoms with Crippen molar-refractivity contribution in [2.45, 2.75) is 32.7 Å². The van der Waals surface area contributed by atoms with Crippen molar-refractivity contribution in [1.82, 2.24) is 10.5 Å². The molecule has 0 radical (unpaired) electrons. The summed E-state index contributed by atoms with van der Waals surface area (Å²) in [5.41, 5.74) is 2.70. The summed E-state index contributed by atoms with van der Waals surface area (Å²) in [7, 11) is 0. The van der Waals surface area contributed by atoms with E-state index in [1.807, 2.05) is 12.1 Å². The number of hydrogen-bond donors (Lipinski definition) is 2. The van der Waals surface area contributed by atoms with Crippen LogP contribution in [0.15, 0.2) is 34.9 Å². The molecule has 2 N–H and O–H groups in total. The Bertz CT molecular complexity index is 767. The quantitative estimate of drug-likeness (QED) is 0.828. The minimum atomic E-state index is -0.264. The molecular formula is C18H19N3O3. The summed E-state index contributed by atoms with van der Waals surface area (Å²) in [5, 5.41) is 9.47. The van der Waals surface area contributed by atoms with Gasteiger partial charge in [0.2, 0.25) is 5.91 Å². The molecule has 0 bridgehead atoms. The molecule has 0 unspecified atom stereocenters. The first-order valence-electron chi connectivity index (χ1n) is 7.86. The van der Waals surface area contributed by atoms with Crippen molar-refractivity contribution < 1.29 is 14.1 Å². The van der Waals surface area contributed by atoms with Gasteiger partial charge in [0.1, 0.15) is 11.4 Å². The van der Waals surface area contributed by atoms with Gasteiger partial charge >= 0.3 is 0 Å². The lowest BCUT2D eigenvalue weighted by Crippen LogP contribution is -2.25. The van der Waals surface area contributed by atoms with E-state index in [4.69, 9.17) is 4.52 Å². The zero-order valence-electron chi connectivity index (χ0n) is 13.6. The third kappa shape index (κ3) is 3.90. The van der Waals surface area contributed by atoms with Crippen LogP contribution in [0.4, 0.5) is 5.69 Å². The fourth-order valence-electron chi connectivity index (χ4n) is 2.24. The second-order valence-electron chi connectivity index (χ2n) is 5.89. The highest BCUT2D eigenvalue weighted by molar-refractivity contribution is 6.02. The van der Waals surface area contributed by atoms with Gasteiger partial charge in [-0.05, 0) is 50.5 Å². The maximum Gasteiger partial charge on any atom is 0.251 e. The number of carbonyl (C=O) groups is 2. The van der Waals surface area contributed by atoms with Crippen molar-refractivity contribution in [2.24, 2.45) is 0 Å². The molecule has 1 aliphatic rings. The Labute approximate surface area is 139 Å². The first-order chi connectivity index (χ1) is 11.5. The molecule has 24 heavy (non-hydrogen) atoms. The lowest BCUT2D eigenvalue weighted by atomic mass is 10.1. The molecule has 124 valence electrons. The van der Waals surface area contributed by atoms with E-state index in [1.54, 1.807) is 32.1 Å². The lowest BCUT2D eigenvalue weighted by molar-refractivity contribution is -0.111. The van der Waals surface area contributed by atoms with Gasteiger partial charge in [-0.25, -0.2) is 0 Å². The molecule has 1 saturated carbocycles. The predicted molar refractivity (Wildman–Crippen MR) is 90.6 cm³/mol. The van der Waals surface area contributed by atoms with E-state index in [-0.39, 0.29) is 11.8 Å². The number of anilines is 1. The predicted octanol–water partition coefficient (Wildman–Crippen LogP) is 2.84. The van der Waals surface area contributed by atoms with Crippen LogP contribution in [0.5, 0.6) is 0 Å². The molecule has 1 heterocycles. The van der Waals surface area contributed by atoms with Crippen LogP contribution in [0.25, 0.3) is 6.08 Å². The number of nitrogens with zero attached hydrogens (tertiary/aromatic N) is 1. The molecule has 1 fully saturated rings. The molecule has 1 aromatic carbocycles. The van der Waals surface area contributed by atoms with Crippen LogP contribution in [0.2, 0.25) is 0 Å². The monoisotopic (exact) mass is 325 g/mol. The molecule has 1 aromatic heterocycles. The standard InChI is InChI=1S/C18H19N3O3/c1-11-17(12(2)24-21-11)20-16(22)10-5-13-3-6-14(7-4-13)18(23)19-15-8-9-15/h3-7,10,15H,8-9H2,1-2H3,(H,19,23)(H,20,22)/b10-5-. The van der Waals surface area contributed by atoms with Crippen LogP contribution in [0, 0.1) is 13.8 Å². The minimum absolute atomic E-state index is 0.0517. The number of carbonyl (C=O) groups excluding carboxylic acids is 2. The average molecular weight is 325 g/mol. The van der Waals surface area contributed by atoms with Gasteiger partial charge < -0.3 is 15.2 Å². The van der Waals surface area contributed by atoms with Crippen molar-refractivity contribution in [3.63, 3.8) is 0 Å². The average Bonchev–Trinajstić information content (AvgIpc) is 3.34. The Balaban J connectivity index is 1.59. The van der Waals surface area contributed by atoms with Gasteiger partial charge in [-0.1, -0.05) is 17.3 Å². The Hall–Kier alpha value is -2.89. The zero-order chi connectivity index (χ0) is 17.1. The Kier molecular flexibility index (Phi) is 4.46. The molecule has 6 nitrogen and oxygen atoms in total. The molecule has 0 saturated heterocycles. The lowest BCUT2D eigenvalue weighted by Gasteiger charge is -2.03. The normalized spacial score (nSPS) is 13.9. The van der Waals surface area contributed by atoms with Gasteiger partial charge in [-0.15, -0.1) is 0 Å². The molecule has 0 atom stereocenters. The number of aryl methyl sites for hydroxylation is 2. The van der Waals surface area contributed by atoms with E-state index in [0.717, 1.165) is 18.4 Å². The van der Waals surface area contributed by atoms with Crippen molar-refractivity contribution >= 4 is 23.6 Å². The molecule has 6 heteroatoms. The summed E-state index contributed by atoms with van der Waals surface area (Å²) < 4.78 is 5.00. The third-order valence-corrected chi connectivity index (χ3v) is 3.79. The van der Waals surface area contributed by atoms with Crippen LogP contribution in [0.1, 0.15) is 40.2 Å². The molecule has 1 aliphatic carbocycles. The van der Waals surface area contributed by atoms with Crippen LogP contribution >= 0.6 is 0 Å². The molecule has 2 aromatic rings. The summed E-state index contributed by atoms with van der Waals surface area (Å²) >= 11 is 0. The summed E-state index contributed by atoms with van der Waals surface area (Å²) in [6, 6.07) is 7.46. The number of benzene rings is 1. The van der Waals surface area contributed by atoms with E-state index in [0.29, 0.717) is 28.7 Å². The van der Waals surface area contributed by atoms with Gasteiger partial charge in [0.25, 0.3) is 5.91 Å². The van der Waals surface area contributed by atoms with Gasteiger partial charge in [0, 0.05) is 17.7 Å². The number of nitrogens with one attached hydrogen (secondary N) is 2. The zero-order valence-corrected chi connectivity index (χ0v) is 13.6. The van der Waals surface area contributed by atoms with Gasteiger partial charge in [-0.3, -0.25) is 9.59 Å². The van der Waals surface area contributed by atoms with E-state index in [9.17, 15) is 9.59 Å². The number of aromatic nitrogens is 1. The van der Waals surface area contributed by atoms with Gasteiger partial charge in [0.05, 0.1) is 0 Å². The van der Waals surface area contributed by atoms with Crippen LogP contribution in [-0.4, -0.2) is 23.0 Å². The largest absolute Gasteiger partial charge is 0.359 e. The van der Waals surface area contributed by atoms with E-state index in [2.05, 4.69) is 15.8 Å². The minimum Gasteiger partial charge on any atom is -0.359 e. The Morgan fingerprint density at radius 1 is 1.21 bits per heavy atom. The molecular weight excluding hydrogens is 306 g/mol. The van der Waals surface area contributed by atoms with E-state index in [1.165, 1.54) is 6.08 Å². The van der Waals surface area contributed by atoms with Crippen molar-refractivity contribution in [3.05, 3.63) is 52.9 Å². The van der Waals surface area contributed by atoms with Crippen molar-refractivity contribution in [2.75, 3.05) is 5.32 Å². The summed E-state index contributed by atoms with van der Waals surface area (Å²) in [6.45, 7) is 3.51. The van der Waals surface area contributed by atoms with Gasteiger partial charge in [0.15, 0.2) is 5.76 Å². The smallest absolute Gasteiger partial charge is 0.251 e. The number of amides is 2. The highest BCUT2D eigenvalue weighted by Crippen LogP contribution is 2.20. The van der Waals surface area contributed by atoms with E-state index >= 15 is 0 Å². The van der Waals surface area contributed by atoms with Crippen LogP contribution < -0.4 is 10.6 Å². The van der Waals surface area contributed by atoms with Gasteiger partial charge in [-0.2, -0.15) is 0 Å². The Morgan fingerprint density at radius 2 is 1.92 bits per heavy atom. The maximum atomic E-state index is 12.0. The first-order valence-corrected chi connectivity index (χ1v) is 7.86. The first kappa shape index (κ1) is 16.0. The fraction of sp³-hybridized carbons (Fsp3) is 0.278. The fourth-order valence-corrected chi connectivity index (χ4v) is 2.24. The topological polar surface area (TPSA) is 84.2 Å². The highest BCUT2D eigenvalue weighted by atomic mass is 16.5. The van der Waals surface area contributed by atoms with E-state index < -0.39 is 0 Å². The SMILES string of the molecule is Cc1noc(C)c1NC(=O)/C=C\c1ccc(C(=O)NC2CC2)cc1. The Morgan fingerprint density at radius 3 is 2.50 bits per heavy atom. The van der Waals surface area contributed by atoms with Crippen LogP contribution in [-0.2, 0) is 4.79 Å². The number of rotatable bonds is 5. The molecule has 2 amide bonds. The summed E-state index contributed by atoms with van der Waals surface area (Å²) in [6.07, 6.45) is 5.25. The second-order valence-corrected chi connectivity index (χ2v) is 5.89. The third-order valence-electron chi connectivity index (χ3n) is 3.79. The highest BCUT2D eigenvalue weighted by Gasteiger charge is 2.23. The molecule has 3 rings (SSSR count). The van der Waals surface area contributed by atoms with Crippen molar-refractivity contribution in [3.8, 4) is 0 Å². The summed E-state index contributed by atoms with van der Waals surface area (Å²) in [5.74, 6) is 0.254. The molecule has 0 aliphatic heterocycles.